The molecule has 1 unspecified atom stereocenters. The monoisotopic (exact) mass is 455 g/mol. The first kappa shape index (κ1) is 14.7. The summed E-state index contributed by atoms with van der Waals surface area (Å²) in [5, 5.41) is 4.35. The molecule has 0 bridgehead atoms. The van der Waals surface area contributed by atoms with E-state index < -0.39 is 0 Å². The summed E-state index contributed by atoms with van der Waals surface area (Å²) in [6.45, 7) is 3.01. The zero-order chi connectivity index (χ0) is 13.3. The first-order valence-corrected chi connectivity index (χ1v) is 8.65. The molecule has 7 heteroatoms. The molecule has 1 atom stereocenters. The summed E-state index contributed by atoms with van der Waals surface area (Å²) < 4.78 is 5.03. The van der Waals surface area contributed by atoms with Crippen molar-refractivity contribution in [1.82, 2.24) is 9.78 Å². The summed E-state index contributed by atoms with van der Waals surface area (Å²) >= 11 is 12.2. The van der Waals surface area contributed by atoms with Gasteiger partial charge in [-0.3, -0.25) is 4.68 Å². The second kappa shape index (κ2) is 6.17. The number of hydrogen-bond donors (Lipinski definition) is 1. The van der Waals surface area contributed by atoms with E-state index in [1.54, 1.807) is 11.3 Å². The van der Waals surface area contributed by atoms with Crippen LogP contribution in [-0.2, 0) is 6.54 Å². The van der Waals surface area contributed by atoms with Crippen LogP contribution in [0.25, 0.3) is 0 Å². The van der Waals surface area contributed by atoms with Gasteiger partial charge in [0.25, 0.3) is 0 Å². The Labute approximate surface area is 135 Å². The molecule has 2 aromatic rings. The van der Waals surface area contributed by atoms with Crippen molar-refractivity contribution in [3.63, 3.8) is 0 Å². The van der Waals surface area contributed by atoms with Gasteiger partial charge in [-0.1, -0.05) is 6.92 Å². The van der Waals surface area contributed by atoms with Crippen LogP contribution < -0.4 is 5.73 Å². The standard InChI is InChI=1S/C11H12Br3N3S/c1-2-3-17-10(7(13)5-16-17)9(15)8-4-6(12)11(14)18-8/h4-5,9H,2-3,15H2,1H3. The van der Waals surface area contributed by atoms with Gasteiger partial charge in [0.1, 0.15) is 0 Å². The Hall–Kier alpha value is 0.310. The molecule has 2 rings (SSSR count). The first-order chi connectivity index (χ1) is 8.54. The summed E-state index contributed by atoms with van der Waals surface area (Å²) in [6.07, 6.45) is 2.84. The Balaban J connectivity index is 2.38. The number of nitrogens with zero attached hydrogens (tertiary/aromatic N) is 2. The number of aryl methyl sites for hydroxylation is 1. The molecule has 0 amide bonds. The third-order valence-electron chi connectivity index (χ3n) is 2.53. The number of hydrogen-bond acceptors (Lipinski definition) is 3. The Morgan fingerprint density at radius 1 is 1.39 bits per heavy atom. The molecule has 2 heterocycles. The van der Waals surface area contributed by atoms with E-state index in [1.165, 1.54) is 0 Å². The summed E-state index contributed by atoms with van der Waals surface area (Å²) in [5.41, 5.74) is 7.38. The molecule has 0 aliphatic carbocycles. The minimum atomic E-state index is -0.166. The van der Waals surface area contributed by atoms with E-state index in [4.69, 9.17) is 5.73 Å². The topological polar surface area (TPSA) is 43.8 Å². The van der Waals surface area contributed by atoms with Gasteiger partial charge in [-0.25, -0.2) is 0 Å². The van der Waals surface area contributed by atoms with Gasteiger partial charge in [0, 0.05) is 15.9 Å². The Morgan fingerprint density at radius 3 is 2.67 bits per heavy atom. The number of nitrogens with two attached hydrogens (primary N) is 1. The van der Waals surface area contributed by atoms with Crippen LogP contribution in [0, 0.1) is 0 Å². The first-order valence-electron chi connectivity index (χ1n) is 5.46. The fourth-order valence-electron chi connectivity index (χ4n) is 1.72. The number of aromatic nitrogens is 2. The molecule has 2 N–H and O–H groups in total. The van der Waals surface area contributed by atoms with Crippen molar-refractivity contribution in [3.8, 4) is 0 Å². The van der Waals surface area contributed by atoms with Crippen molar-refractivity contribution in [2.75, 3.05) is 0 Å². The largest absolute Gasteiger partial charge is 0.318 e. The molecule has 0 saturated carbocycles. The van der Waals surface area contributed by atoms with Gasteiger partial charge in [0.15, 0.2) is 0 Å². The lowest BCUT2D eigenvalue weighted by molar-refractivity contribution is 0.560. The minimum absolute atomic E-state index is 0.166. The highest BCUT2D eigenvalue weighted by Crippen LogP contribution is 2.38. The maximum Gasteiger partial charge on any atom is 0.0843 e. The van der Waals surface area contributed by atoms with E-state index >= 15 is 0 Å². The van der Waals surface area contributed by atoms with Gasteiger partial charge in [-0.15, -0.1) is 11.3 Å². The van der Waals surface area contributed by atoms with Crippen LogP contribution in [0.2, 0.25) is 0 Å². The average Bonchev–Trinajstić information content (AvgIpc) is 2.84. The van der Waals surface area contributed by atoms with E-state index in [9.17, 15) is 0 Å². The Kier molecular flexibility index (Phi) is 5.05. The van der Waals surface area contributed by atoms with Gasteiger partial charge in [0.2, 0.25) is 0 Å². The summed E-state index contributed by atoms with van der Waals surface area (Å²) in [4.78, 5) is 1.10. The normalized spacial score (nSPS) is 12.9. The summed E-state index contributed by atoms with van der Waals surface area (Å²) in [6, 6.07) is 1.89. The molecule has 0 aromatic carbocycles. The summed E-state index contributed by atoms with van der Waals surface area (Å²) in [5.74, 6) is 0. The third kappa shape index (κ3) is 2.90. The molecule has 18 heavy (non-hydrogen) atoms. The lowest BCUT2D eigenvalue weighted by Gasteiger charge is -2.13. The molecule has 2 aromatic heterocycles. The van der Waals surface area contributed by atoms with E-state index in [-0.39, 0.29) is 6.04 Å². The van der Waals surface area contributed by atoms with Crippen LogP contribution in [0.3, 0.4) is 0 Å². The smallest absolute Gasteiger partial charge is 0.0843 e. The zero-order valence-electron chi connectivity index (χ0n) is 9.66. The van der Waals surface area contributed by atoms with Crippen LogP contribution in [0.1, 0.15) is 30.0 Å². The minimum Gasteiger partial charge on any atom is -0.318 e. The average molecular weight is 458 g/mol. The molecule has 0 fully saturated rings. The van der Waals surface area contributed by atoms with E-state index in [0.717, 1.165) is 36.3 Å². The van der Waals surface area contributed by atoms with Gasteiger partial charge in [-0.05, 0) is 60.3 Å². The number of rotatable bonds is 4. The maximum absolute atomic E-state index is 6.35. The molecular formula is C11H12Br3N3S. The Bertz CT molecular complexity index is 530. The van der Waals surface area contributed by atoms with Crippen molar-refractivity contribution >= 4 is 59.1 Å². The SMILES string of the molecule is CCCn1ncc(Br)c1C(N)c1cc(Br)c(Br)s1. The zero-order valence-corrected chi connectivity index (χ0v) is 15.2. The van der Waals surface area contributed by atoms with Crippen LogP contribution in [-0.4, -0.2) is 9.78 Å². The third-order valence-corrected chi connectivity index (χ3v) is 6.48. The molecule has 0 spiro atoms. The van der Waals surface area contributed by atoms with Gasteiger partial charge in [-0.2, -0.15) is 5.10 Å². The lowest BCUT2D eigenvalue weighted by Crippen LogP contribution is -2.17. The van der Waals surface area contributed by atoms with Crippen molar-refractivity contribution in [2.45, 2.75) is 25.9 Å². The fraction of sp³-hybridized carbons (Fsp3) is 0.364. The fourth-order valence-corrected chi connectivity index (χ4v) is 4.36. The van der Waals surface area contributed by atoms with E-state index in [2.05, 4.69) is 65.9 Å². The van der Waals surface area contributed by atoms with Crippen molar-refractivity contribution in [2.24, 2.45) is 5.73 Å². The second-order valence-electron chi connectivity index (χ2n) is 3.85. The molecular weight excluding hydrogens is 446 g/mol. The molecule has 0 aliphatic heterocycles. The second-order valence-corrected chi connectivity index (χ2v) is 7.96. The Morgan fingerprint density at radius 2 is 2.11 bits per heavy atom. The van der Waals surface area contributed by atoms with Gasteiger partial charge >= 0.3 is 0 Å². The van der Waals surface area contributed by atoms with Crippen molar-refractivity contribution in [3.05, 3.63) is 35.6 Å². The number of thiophene rings is 1. The van der Waals surface area contributed by atoms with Crippen LogP contribution in [0.15, 0.2) is 25.0 Å². The number of halogens is 3. The molecule has 0 radical (unpaired) electrons. The van der Waals surface area contributed by atoms with Crippen LogP contribution in [0.4, 0.5) is 0 Å². The highest BCUT2D eigenvalue weighted by molar-refractivity contribution is 9.13. The molecule has 98 valence electrons. The molecule has 3 nitrogen and oxygen atoms in total. The van der Waals surface area contributed by atoms with Gasteiger partial charge in [0.05, 0.1) is 26.2 Å². The van der Waals surface area contributed by atoms with Gasteiger partial charge < -0.3 is 5.73 Å². The van der Waals surface area contributed by atoms with Crippen LogP contribution >= 0.6 is 59.1 Å². The predicted molar refractivity (Wildman–Crippen MR) is 86.0 cm³/mol. The maximum atomic E-state index is 6.35. The quantitative estimate of drug-likeness (QED) is 0.723. The highest BCUT2D eigenvalue weighted by atomic mass is 79.9. The van der Waals surface area contributed by atoms with E-state index in [0.29, 0.717) is 0 Å². The lowest BCUT2D eigenvalue weighted by atomic mass is 10.2. The van der Waals surface area contributed by atoms with Crippen molar-refractivity contribution < 1.29 is 0 Å². The highest BCUT2D eigenvalue weighted by Gasteiger charge is 2.20. The van der Waals surface area contributed by atoms with Crippen molar-refractivity contribution in [1.29, 1.82) is 0 Å². The van der Waals surface area contributed by atoms with Crippen LogP contribution in [0.5, 0.6) is 0 Å². The predicted octanol–water partition coefficient (Wildman–Crippen LogP) is 4.69. The molecule has 0 aliphatic rings. The van der Waals surface area contributed by atoms with E-state index in [1.807, 2.05) is 10.9 Å². The molecule has 0 saturated heterocycles. The summed E-state index contributed by atoms with van der Waals surface area (Å²) in [7, 11) is 0.